The van der Waals surface area contributed by atoms with E-state index in [4.69, 9.17) is 17.4 Å². The van der Waals surface area contributed by atoms with Gasteiger partial charge in [-0.2, -0.15) is 0 Å². The maximum absolute atomic E-state index is 13.5. The van der Waals surface area contributed by atoms with Crippen LogP contribution in [0.4, 0.5) is 4.39 Å². The highest BCUT2D eigenvalue weighted by Crippen LogP contribution is 2.34. The molecule has 3 N–H and O–H groups in total. The van der Waals surface area contributed by atoms with Crippen molar-refractivity contribution in [3.05, 3.63) is 34.6 Å². The zero-order valence-electron chi connectivity index (χ0n) is 9.05. The first-order valence-electron chi connectivity index (χ1n) is 5.59. The van der Waals surface area contributed by atoms with Crippen LogP contribution in [0.1, 0.15) is 24.8 Å². The van der Waals surface area contributed by atoms with Crippen LogP contribution in [0.3, 0.4) is 0 Å². The van der Waals surface area contributed by atoms with Gasteiger partial charge in [0, 0.05) is 16.6 Å². The SMILES string of the molecule is NNC(Cc1c(F)cccc1Cl)CC1CC1. The van der Waals surface area contributed by atoms with Crippen LogP contribution in [-0.4, -0.2) is 6.04 Å². The third-order valence-corrected chi connectivity index (χ3v) is 3.42. The van der Waals surface area contributed by atoms with Gasteiger partial charge in [-0.3, -0.25) is 11.3 Å². The molecule has 4 heteroatoms. The summed E-state index contributed by atoms with van der Waals surface area (Å²) in [6.07, 6.45) is 4.09. The topological polar surface area (TPSA) is 38.0 Å². The minimum absolute atomic E-state index is 0.113. The number of nitrogens with one attached hydrogen (secondary N) is 1. The Hall–Kier alpha value is -0.640. The second-order valence-corrected chi connectivity index (χ2v) is 4.85. The molecular formula is C12H16ClFN2. The van der Waals surface area contributed by atoms with Crippen molar-refractivity contribution in [2.45, 2.75) is 31.7 Å². The van der Waals surface area contributed by atoms with Crippen LogP contribution >= 0.6 is 11.6 Å². The smallest absolute Gasteiger partial charge is 0.127 e. The zero-order chi connectivity index (χ0) is 11.5. The Morgan fingerprint density at radius 3 is 2.81 bits per heavy atom. The summed E-state index contributed by atoms with van der Waals surface area (Å²) in [7, 11) is 0. The number of halogens is 2. The van der Waals surface area contributed by atoms with Crippen molar-refractivity contribution >= 4 is 11.6 Å². The number of hydrogen-bond acceptors (Lipinski definition) is 2. The number of nitrogens with two attached hydrogens (primary N) is 1. The zero-order valence-corrected chi connectivity index (χ0v) is 9.80. The summed E-state index contributed by atoms with van der Waals surface area (Å²) in [6.45, 7) is 0. The average Bonchev–Trinajstić information content (AvgIpc) is 3.06. The molecule has 0 radical (unpaired) electrons. The van der Waals surface area contributed by atoms with Crippen LogP contribution in [0, 0.1) is 11.7 Å². The molecule has 0 bridgehead atoms. The van der Waals surface area contributed by atoms with E-state index in [0.717, 1.165) is 12.3 Å². The lowest BCUT2D eigenvalue weighted by atomic mass is 10.0. The van der Waals surface area contributed by atoms with Gasteiger partial charge in [-0.15, -0.1) is 0 Å². The van der Waals surface area contributed by atoms with Gasteiger partial charge >= 0.3 is 0 Å². The first-order chi connectivity index (χ1) is 7.70. The molecule has 16 heavy (non-hydrogen) atoms. The molecule has 1 aromatic carbocycles. The quantitative estimate of drug-likeness (QED) is 0.615. The van der Waals surface area contributed by atoms with Gasteiger partial charge in [0.25, 0.3) is 0 Å². The van der Waals surface area contributed by atoms with Gasteiger partial charge in [-0.1, -0.05) is 30.5 Å². The van der Waals surface area contributed by atoms with E-state index < -0.39 is 0 Å². The van der Waals surface area contributed by atoms with Crippen LogP contribution in [0.25, 0.3) is 0 Å². The fourth-order valence-electron chi connectivity index (χ4n) is 1.94. The highest BCUT2D eigenvalue weighted by Gasteiger charge is 2.25. The molecule has 1 fully saturated rings. The van der Waals surface area contributed by atoms with Crippen LogP contribution in [0.5, 0.6) is 0 Å². The van der Waals surface area contributed by atoms with Gasteiger partial charge in [0.15, 0.2) is 0 Å². The van der Waals surface area contributed by atoms with E-state index in [1.807, 2.05) is 0 Å². The summed E-state index contributed by atoms with van der Waals surface area (Å²) in [4.78, 5) is 0. The maximum atomic E-state index is 13.5. The number of benzene rings is 1. The number of rotatable bonds is 5. The molecule has 0 saturated heterocycles. The largest absolute Gasteiger partial charge is 0.271 e. The fraction of sp³-hybridized carbons (Fsp3) is 0.500. The predicted molar refractivity (Wildman–Crippen MR) is 63.6 cm³/mol. The van der Waals surface area contributed by atoms with Crippen molar-refractivity contribution in [3.8, 4) is 0 Å². The van der Waals surface area contributed by atoms with Crippen molar-refractivity contribution in [1.29, 1.82) is 0 Å². The third kappa shape index (κ3) is 2.94. The molecule has 1 unspecified atom stereocenters. The molecule has 2 rings (SSSR count). The van der Waals surface area contributed by atoms with E-state index in [-0.39, 0.29) is 11.9 Å². The lowest BCUT2D eigenvalue weighted by Crippen LogP contribution is -2.37. The minimum Gasteiger partial charge on any atom is -0.271 e. The molecule has 0 heterocycles. The molecule has 2 nitrogen and oxygen atoms in total. The summed E-state index contributed by atoms with van der Waals surface area (Å²) in [5.41, 5.74) is 3.31. The Balaban J connectivity index is 2.05. The Bertz CT molecular complexity index is 346. The summed E-state index contributed by atoms with van der Waals surface area (Å²) in [5.74, 6) is 5.99. The van der Waals surface area contributed by atoms with Crippen molar-refractivity contribution in [2.75, 3.05) is 0 Å². The lowest BCUT2D eigenvalue weighted by molar-refractivity contribution is 0.457. The van der Waals surface area contributed by atoms with Crippen LogP contribution < -0.4 is 11.3 Å². The Morgan fingerprint density at radius 1 is 1.50 bits per heavy atom. The summed E-state index contributed by atoms with van der Waals surface area (Å²) in [5, 5.41) is 0.482. The van der Waals surface area contributed by atoms with Crippen LogP contribution in [0.2, 0.25) is 5.02 Å². The molecule has 0 spiro atoms. The van der Waals surface area contributed by atoms with E-state index in [2.05, 4.69) is 5.43 Å². The Labute approximate surface area is 99.9 Å². The molecule has 0 amide bonds. The van der Waals surface area contributed by atoms with E-state index >= 15 is 0 Å². The highest BCUT2D eigenvalue weighted by molar-refractivity contribution is 6.31. The van der Waals surface area contributed by atoms with E-state index in [1.54, 1.807) is 12.1 Å². The summed E-state index contributed by atoms with van der Waals surface area (Å²) in [6, 6.07) is 4.88. The average molecular weight is 243 g/mol. The monoisotopic (exact) mass is 242 g/mol. The highest BCUT2D eigenvalue weighted by atomic mass is 35.5. The van der Waals surface area contributed by atoms with E-state index in [0.29, 0.717) is 17.0 Å². The summed E-state index contributed by atoms with van der Waals surface area (Å²) >= 11 is 5.97. The normalized spacial score (nSPS) is 17.4. The Kier molecular flexibility index (Phi) is 3.79. The molecule has 1 atom stereocenters. The number of hydrogen-bond donors (Lipinski definition) is 2. The molecule has 1 aliphatic rings. The molecule has 0 aliphatic heterocycles. The third-order valence-electron chi connectivity index (χ3n) is 3.06. The van der Waals surface area contributed by atoms with Crippen molar-refractivity contribution in [3.63, 3.8) is 0 Å². The Morgan fingerprint density at radius 2 is 2.25 bits per heavy atom. The van der Waals surface area contributed by atoms with Gasteiger partial charge in [0.2, 0.25) is 0 Å². The molecular weight excluding hydrogens is 227 g/mol. The fourth-order valence-corrected chi connectivity index (χ4v) is 2.18. The van der Waals surface area contributed by atoms with Crippen LogP contribution in [-0.2, 0) is 6.42 Å². The van der Waals surface area contributed by atoms with Gasteiger partial charge in [-0.25, -0.2) is 4.39 Å². The number of hydrazine groups is 1. The second kappa shape index (κ2) is 5.13. The van der Waals surface area contributed by atoms with E-state index in [9.17, 15) is 4.39 Å². The molecule has 1 aromatic rings. The lowest BCUT2D eigenvalue weighted by Gasteiger charge is -2.16. The predicted octanol–water partition coefficient (Wildman–Crippen LogP) is 2.65. The minimum atomic E-state index is -0.247. The second-order valence-electron chi connectivity index (χ2n) is 4.45. The summed E-state index contributed by atoms with van der Waals surface area (Å²) < 4.78 is 13.5. The molecule has 0 aromatic heterocycles. The van der Waals surface area contributed by atoms with Gasteiger partial charge in [-0.05, 0) is 30.9 Å². The van der Waals surface area contributed by atoms with Crippen molar-refractivity contribution < 1.29 is 4.39 Å². The van der Waals surface area contributed by atoms with Crippen molar-refractivity contribution in [1.82, 2.24) is 5.43 Å². The molecule has 1 aliphatic carbocycles. The van der Waals surface area contributed by atoms with Gasteiger partial charge in [0.1, 0.15) is 5.82 Å². The van der Waals surface area contributed by atoms with E-state index in [1.165, 1.54) is 18.9 Å². The molecule has 88 valence electrons. The van der Waals surface area contributed by atoms with Crippen LogP contribution in [0.15, 0.2) is 18.2 Å². The maximum Gasteiger partial charge on any atom is 0.127 e. The molecule has 1 saturated carbocycles. The van der Waals surface area contributed by atoms with Gasteiger partial charge in [0.05, 0.1) is 0 Å². The standard InChI is InChI=1S/C12H16ClFN2/c13-11-2-1-3-12(14)10(11)7-9(16-15)6-8-4-5-8/h1-3,8-9,16H,4-7,15H2. The first-order valence-corrected chi connectivity index (χ1v) is 5.97. The van der Waals surface area contributed by atoms with Crippen molar-refractivity contribution in [2.24, 2.45) is 11.8 Å². The van der Waals surface area contributed by atoms with Gasteiger partial charge < -0.3 is 0 Å². The first kappa shape index (κ1) is 11.8.